The predicted octanol–water partition coefficient (Wildman–Crippen LogP) is 2.63. The number of rotatable bonds is 4. The van der Waals surface area contributed by atoms with Crippen molar-refractivity contribution < 1.29 is 4.92 Å². The Balaban J connectivity index is 3.06. The van der Waals surface area contributed by atoms with Crippen molar-refractivity contribution in [1.29, 1.82) is 5.26 Å². The number of nitro benzene ring substituents is 1. The summed E-state index contributed by atoms with van der Waals surface area (Å²) < 4.78 is 0. The number of hydrogen-bond acceptors (Lipinski definition) is 4. The smallest absolute Gasteiger partial charge is 0.292 e. The van der Waals surface area contributed by atoms with Crippen molar-refractivity contribution in [2.45, 2.75) is 0 Å². The first-order valence-electron chi connectivity index (χ1n) is 4.30. The summed E-state index contributed by atoms with van der Waals surface area (Å²) in [6, 6.07) is 5.97. The van der Waals surface area contributed by atoms with Gasteiger partial charge in [-0.3, -0.25) is 10.1 Å². The molecule has 0 radical (unpaired) electrons. The number of halogens is 1. The quantitative estimate of drug-likeness (QED) is 0.645. The summed E-state index contributed by atoms with van der Waals surface area (Å²) in [6.07, 6.45) is 0. The second-order valence-electron chi connectivity index (χ2n) is 2.97. The van der Waals surface area contributed by atoms with Crippen LogP contribution in [0, 0.1) is 21.4 Å². The Morgan fingerprint density at radius 1 is 1.69 bits per heavy atom. The second kappa shape index (κ2) is 5.14. The van der Waals surface area contributed by atoms with Crippen LogP contribution in [0.3, 0.4) is 0 Å². The highest BCUT2D eigenvalue weighted by molar-refractivity contribution is 6.29. The summed E-state index contributed by atoms with van der Waals surface area (Å²) in [5.41, 5.74) is 0.496. The molecular weight excluding hydrogens is 230 g/mol. The Hall–Kier alpha value is -2.06. The SMILES string of the molecule is C=C(Cl)CNc1cc(C#N)ccc1[N+](=O)[O-]. The van der Waals surface area contributed by atoms with Gasteiger partial charge in [0, 0.05) is 11.1 Å². The van der Waals surface area contributed by atoms with E-state index in [-0.39, 0.29) is 17.9 Å². The van der Waals surface area contributed by atoms with Gasteiger partial charge >= 0.3 is 0 Å². The highest BCUT2D eigenvalue weighted by Gasteiger charge is 2.13. The average molecular weight is 238 g/mol. The third-order valence-electron chi connectivity index (χ3n) is 1.79. The van der Waals surface area contributed by atoms with Crippen molar-refractivity contribution in [3.63, 3.8) is 0 Å². The first kappa shape index (κ1) is 12.0. The fraction of sp³-hybridized carbons (Fsp3) is 0.100. The molecule has 5 nitrogen and oxygen atoms in total. The molecule has 6 heteroatoms. The third kappa shape index (κ3) is 2.97. The van der Waals surface area contributed by atoms with Crippen LogP contribution < -0.4 is 5.32 Å². The fourth-order valence-electron chi connectivity index (χ4n) is 1.10. The first-order valence-corrected chi connectivity index (χ1v) is 4.68. The molecule has 0 aromatic heterocycles. The van der Waals surface area contributed by atoms with E-state index in [2.05, 4.69) is 11.9 Å². The van der Waals surface area contributed by atoms with Crippen LogP contribution in [-0.4, -0.2) is 11.5 Å². The maximum absolute atomic E-state index is 10.7. The van der Waals surface area contributed by atoms with Crippen molar-refractivity contribution in [1.82, 2.24) is 0 Å². The summed E-state index contributed by atoms with van der Waals surface area (Å²) in [7, 11) is 0. The molecule has 1 N–H and O–H groups in total. The molecule has 0 unspecified atom stereocenters. The molecule has 1 rings (SSSR count). The summed E-state index contributed by atoms with van der Waals surface area (Å²) in [5, 5.41) is 22.4. The molecule has 0 saturated heterocycles. The van der Waals surface area contributed by atoms with Crippen molar-refractivity contribution >= 4 is 23.0 Å². The van der Waals surface area contributed by atoms with Crippen molar-refractivity contribution in [2.24, 2.45) is 0 Å². The predicted molar refractivity (Wildman–Crippen MR) is 61.3 cm³/mol. The van der Waals surface area contributed by atoms with E-state index in [1.807, 2.05) is 6.07 Å². The van der Waals surface area contributed by atoms with E-state index in [9.17, 15) is 10.1 Å². The third-order valence-corrected chi connectivity index (χ3v) is 1.93. The minimum absolute atomic E-state index is 0.100. The zero-order valence-electron chi connectivity index (χ0n) is 8.24. The van der Waals surface area contributed by atoms with E-state index in [1.165, 1.54) is 18.2 Å². The van der Waals surface area contributed by atoms with Crippen LogP contribution in [0.15, 0.2) is 29.8 Å². The maximum Gasteiger partial charge on any atom is 0.292 e. The van der Waals surface area contributed by atoms with Gasteiger partial charge in [-0.05, 0) is 12.1 Å². The molecular formula is C10H8ClN3O2. The average Bonchev–Trinajstić information content (AvgIpc) is 2.25. The van der Waals surface area contributed by atoms with E-state index in [4.69, 9.17) is 16.9 Å². The number of anilines is 1. The summed E-state index contributed by atoms with van der Waals surface area (Å²) in [4.78, 5) is 10.2. The molecule has 1 aromatic carbocycles. The van der Waals surface area contributed by atoms with Gasteiger partial charge in [0.1, 0.15) is 5.69 Å². The van der Waals surface area contributed by atoms with Crippen LogP contribution in [-0.2, 0) is 0 Å². The van der Waals surface area contributed by atoms with E-state index >= 15 is 0 Å². The van der Waals surface area contributed by atoms with Crippen LogP contribution in [0.25, 0.3) is 0 Å². The van der Waals surface area contributed by atoms with Crippen LogP contribution in [0.5, 0.6) is 0 Å². The molecule has 0 atom stereocenters. The van der Waals surface area contributed by atoms with Gasteiger partial charge in [0.2, 0.25) is 0 Å². The van der Waals surface area contributed by atoms with Gasteiger partial charge in [-0.1, -0.05) is 18.2 Å². The van der Waals surface area contributed by atoms with E-state index in [0.717, 1.165) is 0 Å². The zero-order chi connectivity index (χ0) is 12.1. The van der Waals surface area contributed by atoms with E-state index < -0.39 is 4.92 Å². The lowest BCUT2D eigenvalue weighted by Crippen LogP contribution is -2.04. The number of nitriles is 1. The number of nitro groups is 1. The topological polar surface area (TPSA) is 79.0 Å². The van der Waals surface area contributed by atoms with Gasteiger partial charge in [0.25, 0.3) is 5.69 Å². The second-order valence-corrected chi connectivity index (χ2v) is 3.51. The Morgan fingerprint density at radius 3 is 2.88 bits per heavy atom. The molecule has 0 saturated carbocycles. The lowest BCUT2D eigenvalue weighted by atomic mass is 10.2. The van der Waals surface area contributed by atoms with E-state index in [1.54, 1.807) is 0 Å². The molecule has 0 aliphatic heterocycles. The largest absolute Gasteiger partial charge is 0.375 e. The highest BCUT2D eigenvalue weighted by Crippen LogP contribution is 2.25. The van der Waals surface area contributed by atoms with Crippen LogP contribution >= 0.6 is 11.6 Å². The minimum atomic E-state index is -0.527. The summed E-state index contributed by atoms with van der Waals surface area (Å²) in [5.74, 6) is 0. The summed E-state index contributed by atoms with van der Waals surface area (Å²) in [6.45, 7) is 3.66. The Morgan fingerprint density at radius 2 is 2.38 bits per heavy atom. The van der Waals surface area contributed by atoms with E-state index in [0.29, 0.717) is 10.6 Å². The Kier molecular flexibility index (Phi) is 3.86. The number of nitrogens with zero attached hydrogens (tertiary/aromatic N) is 2. The monoisotopic (exact) mass is 237 g/mol. The van der Waals surface area contributed by atoms with Gasteiger partial charge in [-0.25, -0.2) is 0 Å². The standard InChI is InChI=1S/C10H8ClN3O2/c1-7(11)6-13-9-4-8(5-12)2-3-10(9)14(15)16/h2-4,13H,1,6H2. The number of benzene rings is 1. The molecule has 0 aliphatic carbocycles. The van der Waals surface area contributed by atoms with Gasteiger partial charge in [0.05, 0.1) is 23.1 Å². The summed E-state index contributed by atoms with van der Waals surface area (Å²) >= 11 is 5.54. The molecule has 16 heavy (non-hydrogen) atoms. The van der Waals surface area contributed by atoms with Gasteiger partial charge in [-0.15, -0.1) is 0 Å². The lowest BCUT2D eigenvalue weighted by molar-refractivity contribution is -0.384. The fourth-order valence-corrected chi connectivity index (χ4v) is 1.16. The van der Waals surface area contributed by atoms with Crippen molar-refractivity contribution in [3.05, 3.63) is 45.5 Å². The zero-order valence-corrected chi connectivity index (χ0v) is 8.99. The first-order chi connectivity index (χ1) is 7.54. The Labute approximate surface area is 97.1 Å². The van der Waals surface area contributed by atoms with Crippen LogP contribution in [0.1, 0.15) is 5.56 Å². The molecule has 82 valence electrons. The van der Waals surface area contributed by atoms with Crippen molar-refractivity contribution in [3.8, 4) is 6.07 Å². The highest BCUT2D eigenvalue weighted by atomic mass is 35.5. The Bertz CT molecular complexity index is 479. The molecule has 0 amide bonds. The molecule has 0 bridgehead atoms. The maximum atomic E-state index is 10.7. The molecule has 0 aliphatic rings. The molecule has 1 aromatic rings. The molecule has 0 heterocycles. The van der Waals surface area contributed by atoms with Crippen LogP contribution in [0.2, 0.25) is 0 Å². The normalized spacial score (nSPS) is 9.25. The molecule has 0 spiro atoms. The van der Waals surface area contributed by atoms with Crippen molar-refractivity contribution in [2.75, 3.05) is 11.9 Å². The number of hydrogen-bond donors (Lipinski definition) is 1. The van der Waals surface area contributed by atoms with Crippen LogP contribution in [0.4, 0.5) is 11.4 Å². The van der Waals surface area contributed by atoms with Gasteiger partial charge in [-0.2, -0.15) is 5.26 Å². The lowest BCUT2D eigenvalue weighted by Gasteiger charge is -2.05. The minimum Gasteiger partial charge on any atom is -0.375 e. The van der Waals surface area contributed by atoms with Gasteiger partial charge < -0.3 is 5.32 Å². The number of nitrogens with one attached hydrogen (secondary N) is 1. The molecule has 0 fully saturated rings. The van der Waals surface area contributed by atoms with Gasteiger partial charge in [0.15, 0.2) is 0 Å².